The van der Waals surface area contributed by atoms with Gasteiger partial charge in [-0.05, 0) is 24.1 Å². The van der Waals surface area contributed by atoms with Crippen LogP contribution in [0.25, 0.3) is 10.9 Å². The summed E-state index contributed by atoms with van der Waals surface area (Å²) in [6.45, 7) is 0.413. The number of hydrogen-bond donors (Lipinski definition) is 0. The van der Waals surface area contributed by atoms with Gasteiger partial charge in [-0.1, -0.05) is 23.7 Å². The molecule has 1 aliphatic rings. The highest BCUT2D eigenvalue weighted by atomic mass is 35.5. The van der Waals surface area contributed by atoms with Gasteiger partial charge in [0.1, 0.15) is 5.82 Å². The van der Waals surface area contributed by atoms with Gasteiger partial charge < -0.3 is 0 Å². The zero-order valence-corrected chi connectivity index (χ0v) is 12.7. The second-order valence-electron chi connectivity index (χ2n) is 4.89. The highest BCUT2D eigenvalue weighted by molar-refractivity contribution is 7.90. The SMILES string of the molecule is CN(C)S(=O)(=O)N1CCc2cc3cccc(Cl)c3nc21. The maximum absolute atomic E-state index is 12.3. The first-order valence-electron chi connectivity index (χ1n) is 6.19. The Morgan fingerprint density at radius 2 is 2.10 bits per heavy atom. The maximum atomic E-state index is 12.3. The van der Waals surface area contributed by atoms with Crippen molar-refractivity contribution in [3.05, 3.63) is 34.9 Å². The van der Waals surface area contributed by atoms with E-state index >= 15 is 0 Å². The first kappa shape index (κ1) is 13.6. The van der Waals surface area contributed by atoms with E-state index in [2.05, 4.69) is 4.98 Å². The number of halogens is 1. The van der Waals surface area contributed by atoms with Gasteiger partial charge in [0, 0.05) is 26.0 Å². The summed E-state index contributed by atoms with van der Waals surface area (Å²) in [5.41, 5.74) is 1.57. The molecular weight excluding hydrogens is 298 g/mol. The van der Waals surface area contributed by atoms with Gasteiger partial charge in [0.25, 0.3) is 0 Å². The Kier molecular flexibility index (Phi) is 3.12. The number of anilines is 1. The monoisotopic (exact) mass is 311 g/mol. The molecule has 7 heteroatoms. The van der Waals surface area contributed by atoms with Crippen molar-refractivity contribution in [1.82, 2.24) is 9.29 Å². The summed E-state index contributed by atoms with van der Waals surface area (Å²) in [7, 11) is -0.480. The molecule has 0 atom stereocenters. The number of para-hydroxylation sites is 1. The third-order valence-corrected chi connectivity index (χ3v) is 5.55. The van der Waals surface area contributed by atoms with Crippen LogP contribution >= 0.6 is 11.6 Å². The molecule has 3 rings (SSSR count). The molecule has 1 aliphatic heterocycles. The van der Waals surface area contributed by atoms with Gasteiger partial charge in [-0.25, -0.2) is 9.29 Å². The lowest BCUT2D eigenvalue weighted by Crippen LogP contribution is -2.39. The Morgan fingerprint density at radius 3 is 2.80 bits per heavy atom. The third kappa shape index (κ3) is 1.95. The third-order valence-electron chi connectivity index (χ3n) is 3.41. The van der Waals surface area contributed by atoms with Crippen LogP contribution < -0.4 is 4.31 Å². The number of benzene rings is 1. The second-order valence-corrected chi connectivity index (χ2v) is 7.37. The van der Waals surface area contributed by atoms with E-state index in [-0.39, 0.29) is 0 Å². The molecule has 1 aromatic carbocycles. The number of nitrogens with zero attached hydrogens (tertiary/aromatic N) is 3. The molecule has 0 saturated carbocycles. The van der Waals surface area contributed by atoms with Crippen molar-refractivity contribution in [2.45, 2.75) is 6.42 Å². The van der Waals surface area contributed by atoms with Crippen LogP contribution in [0.1, 0.15) is 5.56 Å². The summed E-state index contributed by atoms with van der Waals surface area (Å²) in [4.78, 5) is 4.47. The molecule has 0 N–H and O–H groups in total. The summed E-state index contributed by atoms with van der Waals surface area (Å²) in [6, 6.07) is 7.51. The molecule has 0 saturated heterocycles. The van der Waals surface area contributed by atoms with Crippen molar-refractivity contribution in [3.63, 3.8) is 0 Å². The minimum absolute atomic E-state index is 0.413. The first-order chi connectivity index (χ1) is 9.41. The molecule has 0 radical (unpaired) electrons. The van der Waals surface area contributed by atoms with Crippen LogP contribution in [0.3, 0.4) is 0 Å². The first-order valence-corrected chi connectivity index (χ1v) is 7.97. The Hall–Kier alpha value is -1.37. The van der Waals surface area contributed by atoms with Crippen LogP contribution in [-0.4, -0.2) is 38.3 Å². The van der Waals surface area contributed by atoms with E-state index in [0.717, 1.165) is 10.9 Å². The molecule has 0 aliphatic carbocycles. The van der Waals surface area contributed by atoms with E-state index < -0.39 is 10.2 Å². The summed E-state index contributed by atoms with van der Waals surface area (Å²) in [5, 5.41) is 1.46. The van der Waals surface area contributed by atoms with E-state index in [4.69, 9.17) is 11.6 Å². The van der Waals surface area contributed by atoms with Crippen molar-refractivity contribution in [1.29, 1.82) is 0 Å². The quantitative estimate of drug-likeness (QED) is 0.853. The van der Waals surface area contributed by atoms with Crippen molar-refractivity contribution < 1.29 is 8.42 Å². The van der Waals surface area contributed by atoms with Gasteiger partial charge >= 0.3 is 10.2 Å². The summed E-state index contributed by atoms with van der Waals surface area (Å²) in [6.07, 6.45) is 0.665. The summed E-state index contributed by atoms with van der Waals surface area (Å²) >= 11 is 6.14. The van der Waals surface area contributed by atoms with Gasteiger partial charge in [-0.2, -0.15) is 12.7 Å². The Balaban J connectivity index is 2.21. The second kappa shape index (κ2) is 4.58. The standard InChI is InChI=1S/C13H14ClN3O2S/c1-16(2)20(18,19)17-7-6-10-8-9-4-3-5-11(14)12(9)15-13(10)17/h3-5,8H,6-7H2,1-2H3. The molecule has 5 nitrogen and oxygen atoms in total. The van der Waals surface area contributed by atoms with Gasteiger partial charge in [-0.15, -0.1) is 0 Å². The van der Waals surface area contributed by atoms with Crippen LogP contribution in [0.15, 0.2) is 24.3 Å². The average molecular weight is 312 g/mol. The van der Waals surface area contributed by atoms with Crippen LogP contribution in [0.4, 0.5) is 5.82 Å². The number of pyridine rings is 1. The molecule has 2 heterocycles. The summed E-state index contributed by atoms with van der Waals surface area (Å²) in [5.74, 6) is 0.485. The highest BCUT2D eigenvalue weighted by Gasteiger charge is 2.32. The van der Waals surface area contributed by atoms with Crippen molar-refractivity contribution in [3.8, 4) is 0 Å². The molecular formula is C13H14ClN3O2S. The minimum atomic E-state index is -3.51. The lowest BCUT2D eigenvalue weighted by atomic mass is 10.1. The highest BCUT2D eigenvalue weighted by Crippen LogP contribution is 2.33. The topological polar surface area (TPSA) is 53.5 Å². The zero-order chi connectivity index (χ0) is 14.5. The van der Waals surface area contributed by atoms with E-state index in [0.29, 0.717) is 29.3 Å². The molecule has 0 amide bonds. The predicted octanol–water partition coefficient (Wildman–Crippen LogP) is 2.06. The maximum Gasteiger partial charge on any atom is 0.304 e. The van der Waals surface area contributed by atoms with E-state index in [1.54, 1.807) is 6.07 Å². The van der Waals surface area contributed by atoms with Gasteiger partial charge in [0.05, 0.1) is 10.5 Å². The predicted molar refractivity (Wildman–Crippen MR) is 80.4 cm³/mol. The molecule has 1 aromatic heterocycles. The van der Waals surface area contributed by atoms with Gasteiger partial charge in [0.15, 0.2) is 0 Å². The Morgan fingerprint density at radius 1 is 1.35 bits per heavy atom. The number of aromatic nitrogens is 1. The van der Waals surface area contributed by atoms with Crippen molar-refractivity contribution in [2.75, 3.05) is 24.9 Å². The van der Waals surface area contributed by atoms with Gasteiger partial charge in [0.2, 0.25) is 0 Å². The van der Waals surface area contributed by atoms with Crippen LogP contribution in [0, 0.1) is 0 Å². The number of hydrogen-bond acceptors (Lipinski definition) is 3. The number of fused-ring (bicyclic) bond motifs is 2. The molecule has 106 valence electrons. The van der Waals surface area contributed by atoms with E-state index in [1.165, 1.54) is 22.7 Å². The molecule has 0 spiro atoms. The molecule has 0 fully saturated rings. The van der Waals surface area contributed by atoms with Crippen molar-refractivity contribution >= 4 is 38.5 Å². The molecule has 0 unspecified atom stereocenters. The smallest absolute Gasteiger partial charge is 0.240 e. The van der Waals surface area contributed by atoms with E-state index in [1.807, 2.05) is 18.2 Å². The fourth-order valence-electron chi connectivity index (χ4n) is 2.35. The van der Waals surface area contributed by atoms with Crippen molar-refractivity contribution in [2.24, 2.45) is 0 Å². The van der Waals surface area contributed by atoms with Crippen LogP contribution in [0.2, 0.25) is 5.02 Å². The molecule has 20 heavy (non-hydrogen) atoms. The fourth-order valence-corrected chi connectivity index (χ4v) is 3.66. The lowest BCUT2D eigenvalue weighted by molar-refractivity contribution is 0.516. The average Bonchev–Trinajstić information content (AvgIpc) is 2.80. The fraction of sp³-hybridized carbons (Fsp3) is 0.308. The van der Waals surface area contributed by atoms with Gasteiger partial charge in [-0.3, -0.25) is 0 Å². The normalized spacial score (nSPS) is 15.1. The van der Waals surface area contributed by atoms with E-state index in [9.17, 15) is 8.42 Å². The van der Waals surface area contributed by atoms with Crippen LogP contribution in [0.5, 0.6) is 0 Å². The summed E-state index contributed by atoms with van der Waals surface area (Å²) < 4.78 is 27.1. The Labute approximate surface area is 123 Å². The number of rotatable bonds is 2. The Bertz CT molecular complexity index is 790. The zero-order valence-electron chi connectivity index (χ0n) is 11.2. The lowest BCUT2D eigenvalue weighted by Gasteiger charge is -2.22. The molecule has 2 aromatic rings. The molecule has 0 bridgehead atoms. The largest absolute Gasteiger partial charge is 0.304 e. The van der Waals surface area contributed by atoms with Crippen LogP contribution in [-0.2, 0) is 16.6 Å². The minimum Gasteiger partial charge on any atom is -0.240 e.